The summed E-state index contributed by atoms with van der Waals surface area (Å²) in [5, 5.41) is 18.8. The molecule has 2 amide bonds. The Balaban J connectivity index is 1.00. The number of aryl methyl sites for hydroxylation is 2. The minimum Gasteiger partial charge on any atom is -0.494 e. The quantitative estimate of drug-likeness (QED) is 0.369. The van der Waals surface area contributed by atoms with Gasteiger partial charge in [-0.2, -0.15) is 0 Å². The molecule has 0 spiro atoms. The molecule has 2 aromatic rings. The lowest BCUT2D eigenvalue weighted by atomic mass is 10.0. The van der Waals surface area contributed by atoms with Crippen molar-refractivity contribution >= 4 is 29.1 Å². The molecule has 1 fully saturated rings. The van der Waals surface area contributed by atoms with E-state index in [0.29, 0.717) is 25.5 Å². The normalized spacial score (nSPS) is 19.7. The lowest BCUT2D eigenvalue weighted by Crippen LogP contribution is -2.42. The third-order valence-electron chi connectivity index (χ3n) is 7.29. The minimum atomic E-state index is -0.588. The van der Waals surface area contributed by atoms with Crippen LogP contribution < -0.4 is 20.7 Å². The number of rotatable bonds is 10. The van der Waals surface area contributed by atoms with Crippen LogP contribution in [0.4, 0.5) is 11.4 Å². The smallest absolute Gasteiger partial charge is 0.251 e. The maximum absolute atomic E-state index is 12.3. The standard InChI is InChI=1S/C28H35N5O4/c1-18-14-20(15-23-21(18)16-33-24(17-34)27(36)32-28(33)30-23)37-13-7-3-2-4-10-26(35)31-25-12-11-19-8-5-6-9-22(19)29-25/h5-6,8-9,14-15,24-25,29,34H,2-4,7,10-13,16-17H2,1H3,(H,31,35)(H,30,32,36). The summed E-state index contributed by atoms with van der Waals surface area (Å²) in [5.41, 5.74) is 5.30. The first-order valence-corrected chi connectivity index (χ1v) is 13.2. The Morgan fingerprint density at radius 2 is 2.05 bits per heavy atom. The topological polar surface area (TPSA) is 115 Å². The number of hydrogen-bond donors (Lipinski definition) is 4. The summed E-state index contributed by atoms with van der Waals surface area (Å²) >= 11 is 0. The zero-order chi connectivity index (χ0) is 25.8. The van der Waals surface area contributed by atoms with E-state index >= 15 is 0 Å². The predicted octanol–water partition coefficient (Wildman–Crippen LogP) is 3.12. The maximum Gasteiger partial charge on any atom is 0.251 e. The summed E-state index contributed by atoms with van der Waals surface area (Å²) in [4.78, 5) is 30.8. The molecule has 0 saturated carbocycles. The summed E-state index contributed by atoms with van der Waals surface area (Å²) in [7, 11) is 0. The van der Waals surface area contributed by atoms with Gasteiger partial charge in [-0.15, -0.1) is 0 Å². The van der Waals surface area contributed by atoms with Gasteiger partial charge in [0.2, 0.25) is 11.9 Å². The number of nitrogens with one attached hydrogen (secondary N) is 3. The average Bonchev–Trinajstić information content (AvgIpc) is 3.20. The fourth-order valence-corrected chi connectivity index (χ4v) is 5.20. The van der Waals surface area contributed by atoms with E-state index in [1.54, 1.807) is 0 Å². The number of aliphatic hydroxyl groups is 1. The fraction of sp³-hybridized carbons (Fsp3) is 0.464. The monoisotopic (exact) mass is 505 g/mol. The van der Waals surface area contributed by atoms with Crippen molar-refractivity contribution in [1.82, 2.24) is 15.5 Å². The highest BCUT2D eigenvalue weighted by atomic mass is 16.5. The SMILES string of the molecule is Cc1cc(OCCCCCCC(=O)NC2CCc3ccccc3N2)cc2c1CN1C(=N2)NC(=O)C1CO. The minimum absolute atomic E-state index is 0.00475. The summed E-state index contributed by atoms with van der Waals surface area (Å²) < 4.78 is 5.99. The summed E-state index contributed by atoms with van der Waals surface area (Å²) in [6.45, 7) is 2.90. The van der Waals surface area contributed by atoms with Gasteiger partial charge in [0.25, 0.3) is 5.91 Å². The van der Waals surface area contributed by atoms with Gasteiger partial charge in [0.05, 0.1) is 25.1 Å². The van der Waals surface area contributed by atoms with Crippen LogP contribution in [0.2, 0.25) is 0 Å². The lowest BCUT2D eigenvalue weighted by molar-refractivity contribution is -0.123. The number of aliphatic hydroxyl groups excluding tert-OH is 1. The molecule has 0 aromatic heterocycles. The van der Waals surface area contributed by atoms with Gasteiger partial charge in [-0.3, -0.25) is 14.9 Å². The molecule has 196 valence electrons. The Kier molecular flexibility index (Phi) is 7.60. The van der Waals surface area contributed by atoms with Gasteiger partial charge in [0.15, 0.2) is 0 Å². The number of amides is 2. The van der Waals surface area contributed by atoms with E-state index < -0.39 is 6.04 Å². The van der Waals surface area contributed by atoms with E-state index in [0.717, 1.165) is 66.8 Å². The van der Waals surface area contributed by atoms with Crippen molar-refractivity contribution in [2.75, 3.05) is 18.5 Å². The zero-order valence-electron chi connectivity index (χ0n) is 21.3. The van der Waals surface area contributed by atoms with Gasteiger partial charge < -0.3 is 25.4 Å². The zero-order valence-corrected chi connectivity index (χ0v) is 21.3. The highest BCUT2D eigenvalue weighted by Crippen LogP contribution is 2.35. The molecule has 0 bridgehead atoms. The number of carbonyl (C=O) groups excluding carboxylic acids is 2. The molecule has 2 atom stereocenters. The highest BCUT2D eigenvalue weighted by Gasteiger charge is 2.39. The van der Waals surface area contributed by atoms with Crippen molar-refractivity contribution in [2.45, 2.75) is 70.6 Å². The second-order valence-electron chi connectivity index (χ2n) is 9.96. The van der Waals surface area contributed by atoms with Crippen molar-refractivity contribution in [3.05, 3.63) is 53.1 Å². The Hall–Kier alpha value is -3.59. The van der Waals surface area contributed by atoms with Gasteiger partial charge in [-0.1, -0.05) is 31.0 Å². The van der Waals surface area contributed by atoms with Gasteiger partial charge in [-0.25, -0.2) is 4.99 Å². The number of ether oxygens (including phenoxy) is 1. The highest BCUT2D eigenvalue weighted by molar-refractivity contribution is 6.07. The number of unbranched alkanes of at least 4 members (excludes halogenated alkanes) is 3. The third-order valence-corrected chi connectivity index (χ3v) is 7.29. The lowest BCUT2D eigenvalue weighted by Gasteiger charge is -2.28. The number of anilines is 1. The molecule has 3 aliphatic heterocycles. The number of carbonyl (C=O) groups is 2. The molecule has 2 unspecified atom stereocenters. The molecule has 3 heterocycles. The molecular formula is C28H35N5O4. The van der Waals surface area contributed by atoms with Crippen LogP contribution in [-0.2, 0) is 22.6 Å². The molecule has 37 heavy (non-hydrogen) atoms. The molecule has 9 nitrogen and oxygen atoms in total. The largest absolute Gasteiger partial charge is 0.494 e. The summed E-state index contributed by atoms with van der Waals surface area (Å²) in [6.07, 6.45) is 6.18. The van der Waals surface area contributed by atoms with Crippen LogP contribution in [0.15, 0.2) is 41.4 Å². The molecule has 4 N–H and O–H groups in total. The van der Waals surface area contributed by atoms with E-state index in [1.807, 2.05) is 36.1 Å². The predicted molar refractivity (Wildman–Crippen MR) is 142 cm³/mol. The number of fused-ring (bicyclic) bond motifs is 3. The molecule has 9 heteroatoms. The molecule has 1 saturated heterocycles. The number of hydrogen-bond acceptors (Lipinski definition) is 7. The van der Waals surface area contributed by atoms with E-state index in [2.05, 4.69) is 33.1 Å². The summed E-state index contributed by atoms with van der Waals surface area (Å²) in [6, 6.07) is 11.6. The molecule has 2 aromatic carbocycles. The van der Waals surface area contributed by atoms with Crippen LogP contribution in [0.1, 0.15) is 55.2 Å². The van der Waals surface area contributed by atoms with Crippen LogP contribution in [0.3, 0.4) is 0 Å². The molecule has 3 aliphatic rings. The Morgan fingerprint density at radius 3 is 2.92 bits per heavy atom. The van der Waals surface area contributed by atoms with E-state index in [4.69, 9.17) is 4.74 Å². The Bertz CT molecular complexity index is 1200. The third kappa shape index (κ3) is 5.72. The van der Waals surface area contributed by atoms with Crippen molar-refractivity contribution in [2.24, 2.45) is 4.99 Å². The number of aliphatic imine (C=N–C) groups is 1. The van der Waals surface area contributed by atoms with Crippen LogP contribution in [-0.4, -0.2) is 53.2 Å². The Labute approximate surface area is 217 Å². The van der Waals surface area contributed by atoms with Gasteiger partial charge in [0, 0.05) is 30.3 Å². The van der Waals surface area contributed by atoms with Crippen LogP contribution in [0, 0.1) is 6.92 Å². The molecule has 0 radical (unpaired) electrons. The number of guanidine groups is 1. The molecule has 5 rings (SSSR count). The van der Waals surface area contributed by atoms with Crippen molar-refractivity contribution in [1.29, 1.82) is 0 Å². The second-order valence-corrected chi connectivity index (χ2v) is 9.96. The number of benzene rings is 2. The van der Waals surface area contributed by atoms with E-state index in [1.165, 1.54) is 5.56 Å². The maximum atomic E-state index is 12.3. The van der Waals surface area contributed by atoms with Crippen molar-refractivity contribution in [3.8, 4) is 5.75 Å². The molecular weight excluding hydrogens is 470 g/mol. The van der Waals surface area contributed by atoms with Crippen LogP contribution in [0.25, 0.3) is 0 Å². The molecule has 0 aliphatic carbocycles. The number of para-hydroxylation sites is 1. The van der Waals surface area contributed by atoms with E-state index in [9.17, 15) is 14.7 Å². The Morgan fingerprint density at radius 1 is 1.22 bits per heavy atom. The van der Waals surface area contributed by atoms with Crippen molar-refractivity contribution < 1.29 is 19.4 Å². The first-order chi connectivity index (χ1) is 18.0. The summed E-state index contributed by atoms with van der Waals surface area (Å²) in [5.74, 6) is 1.12. The fourth-order valence-electron chi connectivity index (χ4n) is 5.20. The number of nitrogens with zero attached hydrogens (tertiary/aromatic N) is 2. The second kappa shape index (κ2) is 11.2. The van der Waals surface area contributed by atoms with Crippen LogP contribution >= 0.6 is 0 Å². The van der Waals surface area contributed by atoms with Crippen molar-refractivity contribution in [3.63, 3.8) is 0 Å². The van der Waals surface area contributed by atoms with Crippen LogP contribution in [0.5, 0.6) is 5.75 Å². The average molecular weight is 506 g/mol. The van der Waals surface area contributed by atoms with Gasteiger partial charge >= 0.3 is 0 Å². The van der Waals surface area contributed by atoms with Gasteiger partial charge in [-0.05, 0) is 55.9 Å². The van der Waals surface area contributed by atoms with Gasteiger partial charge in [0.1, 0.15) is 11.8 Å². The first kappa shape index (κ1) is 25.1. The first-order valence-electron chi connectivity index (χ1n) is 13.2. The van der Waals surface area contributed by atoms with E-state index in [-0.39, 0.29) is 24.6 Å².